The fourth-order valence-electron chi connectivity index (χ4n) is 2.23. The lowest BCUT2D eigenvalue weighted by Crippen LogP contribution is -2.20. The van der Waals surface area contributed by atoms with Gasteiger partial charge in [-0.05, 0) is 60.5 Å². The van der Waals surface area contributed by atoms with Gasteiger partial charge < -0.3 is 10.6 Å². The van der Waals surface area contributed by atoms with Crippen LogP contribution in [0.1, 0.15) is 30.9 Å². The average Bonchev–Trinajstić information content (AvgIpc) is 2.48. The zero-order valence-electron chi connectivity index (χ0n) is 13.8. The first-order chi connectivity index (χ1) is 11.2. The first-order valence-electron chi connectivity index (χ1n) is 7.48. The van der Waals surface area contributed by atoms with E-state index in [1.165, 1.54) is 11.6 Å². The van der Waals surface area contributed by atoms with Crippen LogP contribution in [0, 0.1) is 6.92 Å². The van der Waals surface area contributed by atoms with Crippen LogP contribution in [0.15, 0.2) is 47.4 Å². The Labute approximate surface area is 148 Å². The van der Waals surface area contributed by atoms with E-state index in [2.05, 4.69) is 24.5 Å². The van der Waals surface area contributed by atoms with Gasteiger partial charge in [-0.2, -0.15) is 0 Å². The van der Waals surface area contributed by atoms with Crippen molar-refractivity contribution in [2.24, 2.45) is 5.14 Å². The molecule has 0 aromatic heterocycles. The number of rotatable bonds is 4. The summed E-state index contributed by atoms with van der Waals surface area (Å²) < 4.78 is 23.1. The van der Waals surface area contributed by atoms with Crippen LogP contribution in [0.4, 0.5) is 11.4 Å². The lowest BCUT2D eigenvalue weighted by molar-refractivity contribution is 0.597. The first kappa shape index (κ1) is 18.4. The van der Waals surface area contributed by atoms with Crippen LogP contribution in [0.5, 0.6) is 0 Å². The van der Waals surface area contributed by atoms with Crippen molar-refractivity contribution in [2.75, 3.05) is 10.6 Å². The van der Waals surface area contributed by atoms with E-state index in [4.69, 9.17) is 17.4 Å². The molecule has 4 N–H and O–H groups in total. The standard InChI is InChI=1S/C17H21N3O2S2/c1-11(2)13-5-8-14(9-6-13)19-17(23)20-15-7-4-12(3)16(10-15)24(18,21)22/h4-11H,1-3H3,(H2,18,21,22)(H2,19,20,23). The van der Waals surface area contributed by atoms with Crippen LogP contribution in [0.25, 0.3) is 0 Å². The third-order valence-electron chi connectivity index (χ3n) is 3.59. The van der Waals surface area contributed by atoms with Gasteiger partial charge in [-0.1, -0.05) is 32.0 Å². The monoisotopic (exact) mass is 363 g/mol. The molecule has 128 valence electrons. The summed E-state index contributed by atoms with van der Waals surface area (Å²) in [7, 11) is -3.77. The molecule has 0 fully saturated rings. The average molecular weight is 364 g/mol. The molecule has 2 aromatic rings. The number of primary sulfonamides is 1. The second kappa shape index (κ2) is 7.29. The van der Waals surface area contributed by atoms with Gasteiger partial charge in [0.1, 0.15) is 0 Å². The minimum atomic E-state index is -3.77. The Hall–Kier alpha value is -1.96. The van der Waals surface area contributed by atoms with Crippen molar-refractivity contribution in [3.63, 3.8) is 0 Å². The van der Waals surface area contributed by atoms with Gasteiger partial charge in [-0.3, -0.25) is 0 Å². The van der Waals surface area contributed by atoms with Crippen molar-refractivity contribution < 1.29 is 8.42 Å². The number of aryl methyl sites for hydroxylation is 1. The van der Waals surface area contributed by atoms with Gasteiger partial charge in [0, 0.05) is 11.4 Å². The van der Waals surface area contributed by atoms with E-state index in [9.17, 15) is 8.42 Å². The number of benzene rings is 2. The topological polar surface area (TPSA) is 84.2 Å². The van der Waals surface area contributed by atoms with Gasteiger partial charge in [-0.15, -0.1) is 0 Å². The molecule has 0 spiro atoms. The van der Waals surface area contributed by atoms with Crippen LogP contribution in [0.3, 0.4) is 0 Å². The lowest BCUT2D eigenvalue weighted by atomic mass is 10.0. The summed E-state index contributed by atoms with van der Waals surface area (Å²) in [6.45, 7) is 5.96. The summed E-state index contributed by atoms with van der Waals surface area (Å²) in [5.41, 5.74) is 3.25. The summed E-state index contributed by atoms with van der Waals surface area (Å²) in [6.07, 6.45) is 0. The number of anilines is 2. The van der Waals surface area contributed by atoms with E-state index in [1.807, 2.05) is 24.3 Å². The molecule has 5 nitrogen and oxygen atoms in total. The van der Waals surface area contributed by atoms with E-state index < -0.39 is 10.0 Å². The van der Waals surface area contributed by atoms with Gasteiger partial charge in [0.25, 0.3) is 0 Å². The molecular weight excluding hydrogens is 342 g/mol. The molecule has 0 saturated carbocycles. The normalized spacial score (nSPS) is 11.4. The number of hydrogen-bond donors (Lipinski definition) is 3. The molecule has 0 aliphatic carbocycles. The van der Waals surface area contributed by atoms with Crippen molar-refractivity contribution in [1.82, 2.24) is 0 Å². The zero-order chi connectivity index (χ0) is 17.9. The third-order valence-corrected chi connectivity index (χ3v) is 4.84. The highest BCUT2D eigenvalue weighted by atomic mass is 32.2. The Balaban J connectivity index is 2.10. The number of hydrogen-bond acceptors (Lipinski definition) is 3. The van der Waals surface area contributed by atoms with Crippen molar-refractivity contribution in [2.45, 2.75) is 31.6 Å². The smallest absolute Gasteiger partial charge is 0.238 e. The highest BCUT2D eigenvalue weighted by Crippen LogP contribution is 2.20. The molecule has 0 saturated heterocycles. The minimum absolute atomic E-state index is 0.0802. The van der Waals surface area contributed by atoms with Crippen LogP contribution in [-0.4, -0.2) is 13.5 Å². The van der Waals surface area contributed by atoms with Gasteiger partial charge in [0.2, 0.25) is 10.0 Å². The van der Waals surface area contributed by atoms with Gasteiger partial charge in [0.15, 0.2) is 5.11 Å². The fourth-order valence-corrected chi connectivity index (χ4v) is 3.27. The third kappa shape index (κ3) is 4.77. The molecule has 0 bridgehead atoms. The molecule has 0 heterocycles. The van der Waals surface area contributed by atoms with Crippen LogP contribution in [0.2, 0.25) is 0 Å². The first-order valence-corrected chi connectivity index (χ1v) is 9.43. The summed E-state index contributed by atoms with van der Waals surface area (Å²) in [5.74, 6) is 0.466. The molecule has 7 heteroatoms. The Bertz CT molecular complexity index is 845. The Morgan fingerprint density at radius 1 is 1.04 bits per heavy atom. The van der Waals surface area contributed by atoms with Crippen molar-refractivity contribution in [3.8, 4) is 0 Å². The highest BCUT2D eigenvalue weighted by Gasteiger charge is 2.12. The van der Waals surface area contributed by atoms with Gasteiger partial charge in [0.05, 0.1) is 4.90 Å². The number of nitrogens with two attached hydrogens (primary N) is 1. The minimum Gasteiger partial charge on any atom is -0.332 e. The lowest BCUT2D eigenvalue weighted by Gasteiger charge is -2.13. The van der Waals surface area contributed by atoms with Crippen LogP contribution in [-0.2, 0) is 10.0 Å². The molecule has 0 aliphatic rings. The van der Waals surface area contributed by atoms with E-state index in [-0.39, 0.29) is 4.90 Å². The maximum absolute atomic E-state index is 11.6. The predicted molar refractivity (Wildman–Crippen MR) is 103 cm³/mol. The summed E-state index contributed by atoms with van der Waals surface area (Å²) in [6, 6.07) is 12.9. The second-order valence-electron chi connectivity index (χ2n) is 5.88. The summed E-state index contributed by atoms with van der Waals surface area (Å²) >= 11 is 5.27. The summed E-state index contributed by atoms with van der Waals surface area (Å²) in [4.78, 5) is 0.0802. The molecule has 0 aliphatic heterocycles. The quantitative estimate of drug-likeness (QED) is 0.723. The maximum atomic E-state index is 11.6. The maximum Gasteiger partial charge on any atom is 0.238 e. The predicted octanol–water partition coefficient (Wildman–Crippen LogP) is 3.57. The van der Waals surface area contributed by atoms with E-state index in [1.54, 1.807) is 19.1 Å². The number of thiocarbonyl (C=S) groups is 1. The molecule has 0 radical (unpaired) electrons. The molecule has 2 rings (SSSR count). The summed E-state index contributed by atoms with van der Waals surface area (Å²) in [5, 5.41) is 11.6. The Kier molecular flexibility index (Phi) is 5.58. The van der Waals surface area contributed by atoms with E-state index in [0.717, 1.165) is 5.69 Å². The molecule has 24 heavy (non-hydrogen) atoms. The van der Waals surface area contributed by atoms with Gasteiger partial charge >= 0.3 is 0 Å². The Morgan fingerprint density at radius 2 is 1.58 bits per heavy atom. The van der Waals surface area contributed by atoms with Crippen LogP contribution >= 0.6 is 12.2 Å². The van der Waals surface area contributed by atoms with Crippen molar-refractivity contribution in [3.05, 3.63) is 53.6 Å². The second-order valence-corrected chi connectivity index (χ2v) is 7.82. The number of sulfonamides is 1. The SMILES string of the molecule is Cc1ccc(NC(=S)Nc2ccc(C(C)C)cc2)cc1S(N)(=O)=O. The Morgan fingerprint density at radius 3 is 2.12 bits per heavy atom. The highest BCUT2D eigenvalue weighted by molar-refractivity contribution is 7.89. The van der Waals surface area contributed by atoms with Crippen LogP contribution < -0.4 is 15.8 Å². The largest absolute Gasteiger partial charge is 0.332 e. The van der Waals surface area contributed by atoms with Crippen molar-refractivity contribution in [1.29, 1.82) is 0 Å². The van der Waals surface area contributed by atoms with Crippen molar-refractivity contribution >= 4 is 38.7 Å². The van der Waals surface area contributed by atoms with Gasteiger partial charge in [-0.25, -0.2) is 13.6 Å². The molecule has 2 aromatic carbocycles. The molecule has 0 amide bonds. The number of nitrogens with one attached hydrogen (secondary N) is 2. The fraction of sp³-hybridized carbons (Fsp3) is 0.235. The molecule has 0 atom stereocenters. The van der Waals surface area contributed by atoms with E-state index in [0.29, 0.717) is 22.3 Å². The molecular formula is C17H21N3O2S2. The molecule has 0 unspecified atom stereocenters. The van der Waals surface area contributed by atoms with E-state index >= 15 is 0 Å². The zero-order valence-corrected chi connectivity index (χ0v) is 15.5.